The monoisotopic (exact) mass is 178 g/mol. The zero-order chi connectivity index (χ0) is 8.48. The van der Waals surface area contributed by atoms with E-state index in [1.54, 1.807) is 0 Å². The van der Waals surface area contributed by atoms with Gasteiger partial charge in [-0.25, -0.2) is 8.78 Å². The average molecular weight is 179 g/mol. The molecule has 0 aromatic rings. The molecule has 0 aliphatic heterocycles. The second-order valence-corrected chi connectivity index (χ2v) is 2.57. The molecule has 0 heterocycles. The summed E-state index contributed by atoms with van der Waals surface area (Å²) in [6, 6.07) is 0. The molecular weight excluding hydrogens is 174 g/mol. The second-order valence-electron chi connectivity index (χ2n) is 2.22. The van der Waals surface area contributed by atoms with E-state index >= 15 is 0 Å². The van der Waals surface area contributed by atoms with Crippen molar-refractivity contribution >= 4 is 16.8 Å². The van der Waals surface area contributed by atoms with Crippen molar-refractivity contribution in [2.24, 2.45) is 0 Å². The van der Waals surface area contributed by atoms with Gasteiger partial charge in [0.05, 0.1) is 0 Å². The summed E-state index contributed by atoms with van der Waals surface area (Å²) in [5.41, 5.74) is -2.63. The predicted molar refractivity (Wildman–Crippen MR) is 37.6 cm³/mol. The molecule has 0 aromatic carbocycles. The second kappa shape index (κ2) is 2.74. The fourth-order valence-corrected chi connectivity index (χ4v) is 0.954. The van der Waals surface area contributed by atoms with E-state index in [-0.39, 0.29) is 6.42 Å². The maximum atomic E-state index is 13.1. The summed E-state index contributed by atoms with van der Waals surface area (Å²) in [5.74, 6) is -1.12. The van der Waals surface area contributed by atoms with Gasteiger partial charge >= 0.3 is 0 Å². The first-order valence-corrected chi connectivity index (χ1v) is 3.37. The third kappa shape index (κ3) is 1.33. The summed E-state index contributed by atoms with van der Waals surface area (Å²) in [5, 5.41) is -1.31. The Morgan fingerprint density at radius 2 is 2.36 bits per heavy atom. The van der Waals surface area contributed by atoms with Gasteiger partial charge in [0.15, 0.2) is 0 Å². The van der Waals surface area contributed by atoms with Crippen molar-refractivity contribution in [1.29, 1.82) is 0 Å². The van der Waals surface area contributed by atoms with Crippen LogP contribution in [-0.4, -0.2) is 10.9 Å². The molecule has 1 nitrogen and oxygen atoms in total. The van der Waals surface area contributed by atoms with E-state index in [4.69, 9.17) is 11.6 Å². The van der Waals surface area contributed by atoms with Gasteiger partial charge in [-0.1, -0.05) is 12.2 Å². The van der Waals surface area contributed by atoms with Crippen LogP contribution in [0.25, 0.3) is 0 Å². The van der Waals surface area contributed by atoms with E-state index in [2.05, 4.69) is 0 Å². The number of alkyl halides is 1. The summed E-state index contributed by atoms with van der Waals surface area (Å²) >= 11 is 4.86. The van der Waals surface area contributed by atoms with E-state index in [9.17, 15) is 13.6 Å². The minimum atomic E-state index is -2.63. The van der Waals surface area contributed by atoms with Gasteiger partial charge in [0.1, 0.15) is 5.83 Å². The Balaban J connectivity index is 2.97. The number of carbonyl (C=O) groups is 1. The molecule has 11 heavy (non-hydrogen) atoms. The van der Waals surface area contributed by atoms with Gasteiger partial charge in [0, 0.05) is 6.42 Å². The highest BCUT2D eigenvalue weighted by Gasteiger charge is 2.42. The molecule has 0 N–H and O–H groups in total. The van der Waals surface area contributed by atoms with Crippen LogP contribution in [0.1, 0.15) is 6.42 Å². The Kier molecular flexibility index (Phi) is 2.09. The fourth-order valence-electron chi connectivity index (χ4n) is 0.787. The van der Waals surface area contributed by atoms with Crippen molar-refractivity contribution in [3.05, 3.63) is 24.1 Å². The number of carbonyl (C=O) groups excluding carboxylic acids is 1. The molecule has 1 unspecified atom stereocenters. The summed E-state index contributed by atoms with van der Waals surface area (Å²) in [6.45, 7) is 0. The Morgan fingerprint density at radius 1 is 1.73 bits per heavy atom. The average Bonchev–Trinajstić information content (AvgIpc) is 1.95. The first kappa shape index (κ1) is 8.40. The molecule has 1 atom stereocenters. The maximum absolute atomic E-state index is 13.1. The lowest BCUT2D eigenvalue weighted by Crippen LogP contribution is -2.31. The Hall–Kier alpha value is -0.700. The quantitative estimate of drug-likeness (QED) is 0.563. The zero-order valence-corrected chi connectivity index (χ0v) is 6.24. The van der Waals surface area contributed by atoms with Gasteiger partial charge in [-0.05, 0) is 17.7 Å². The van der Waals surface area contributed by atoms with Crippen LogP contribution in [0, 0.1) is 0 Å². The molecule has 4 heteroatoms. The molecule has 1 aliphatic carbocycles. The molecule has 0 saturated heterocycles. The van der Waals surface area contributed by atoms with E-state index in [1.807, 2.05) is 0 Å². The van der Waals surface area contributed by atoms with Crippen molar-refractivity contribution in [2.45, 2.75) is 12.1 Å². The lowest BCUT2D eigenvalue weighted by Gasteiger charge is -2.18. The third-order valence-corrected chi connectivity index (χ3v) is 1.77. The Labute approximate surface area is 67.3 Å². The fraction of sp³-hybridized carbons (Fsp3) is 0.286. The number of allylic oxidation sites excluding steroid dienone is 4. The topological polar surface area (TPSA) is 17.1 Å². The highest BCUT2D eigenvalue weighted by atomic mass is 35.5. The molecule has 0 bridgehead atoms. The van der Waals surface area contributed by atoms with Crippen LogP contribution in [0.2, 0.25) is 0 Å². The SMILES string of the molecule is O=C(Cl)C1(F)CC=CC=C1F. The molecular formula is C7H5ClF2O. The van der Waals surface area contributed by atoms with Crippen LogP contribution in [0.5, 0.6) is 0 Å². The van der Waals surface area contributed by atoms with Crippen LogP contribution < -0.4 is 0 Å². The molecule has 1 aliphatic rings. The first-order chi connectivity index (χ1) is 5.07. The summed E-state index contributed by atoms with van der Waals surface area (Å²) in [6.07, 6.45) is 3.26. The van der Waals surface area contributed by atoms with Crippen LogP contribution in [0.4, 0.5) is 8.78 Å². The highest BCUT2D eigenvalue weighted by molar-refractivity contribution is 6.65. The standard InChI is InChI=1S/C7H5ClF2O/c8-6(11)7(10)4-2-1-3-5(7)9/h1-3H,4H2. The molecule has 0 amide bonds. The Morgan fingerprint density at radius 3 is 2.73 bits per heavy atom. The molecule has 0 aromatic heterocycles. The molecule has 1 rings (SSSR count). The summed E-state index contributed by atoms with van der Waals surface area (Å²) in [7, 11) is 0. The van der Waals surface area contributed by atoms with Gasteiger partial charge in [-0.2, -0.15) is 0 Å². The van der Waals surface area contributed by atoms with Crippen molar-refractivity contribution in [3.8, 4) is 0 Å². The van der Waals surface area contributed by atoms with Crippen LogP contribution in [0.3, 0.4) is 0 Å². The summed E-state index contributed by atoms with van der Waals surface area (Å²) in [4.78, 5) is 10.4. The van der Waals surface area contributed by atoms with E-state index in [1.165, 1.54) is 12.2 Å². The summed E-state index contributed by atoms with van der Waals surface area (Å²) < 4.78 is 25.7. The molecule has 0 saturated carbocycles. The van der Waals surface area contributed by atoms with Crippen molar-refractivity contribution in [1.82, 2.24) is 0 Å². The van der Waals surface area contributed by atoms with Gasteiger partial charge in [-0.15, -0.1) is 0 Å². The number of hydrogen-bond donors (Lipinski definition) is 0. The molecule has 60 valence electrons. The zero-order valence-electron chi connectivity index (χ0n) is 5.48. The predicted octanol–water partition coefficient (Wildman–Crippen LogP) is 2.27. The lowest BCUT2D eigenvalue weighted by atomic mass is 9.98. The largest absolute Gasteiger partial charge is 0.277 e. The van der Waals surface area contributed by atoms with Gasteiger partial charge in [-0.3, -0.25) is 4.79 Å². The van der Waals surface area contributed by atoms with Crippen molar-refractivity contribution in [2.75, 3.05) is 0 Å². The third-order valence-electron chi connectivity index (χ3n) is 1.47. The van der Waals surface area contributed by atoms with E-state index in [0.29, 0.717) is 0 Å². The van der Waals surface area contributed by atoms with Crippen LogP contribution >= 0.6 is 11.6 Å². The maximum Gasteiger partial charge on any atom is 0.266 e. The van der Waals surface area contributed by atoms with E-state index in [0.717, 1.165) is 6.08 Å². The molecule has 0 radical (unpaired) electrons. The van der Waals surface area contributed by atoms with E-state index < -0.39 is 16.7 Å². The Bertz CT molecular complexity index is 247. The number of rotatable bonds is 1. The molecule has 0 spiro atoms. The van der Waals surface area contributed by atoms with Crippen LogP contribution in [0.15, 0.2) is 24.1 Å². The smallest absolute Gasteiger partial charge is 0.266 e. The van der Waals surface area contributed by atoms with Crippen molar-refractivity contribution in [3.63, 3.8) is 0 Å². The highest BCUT2D eigenvalue weighted by Crippen LogP contribution is 2.32. The van der Waals surface area contributed by atoms with Crippen molar-refractivity contribution < 1.29 is 13.6 Å². The van der Waals surface area contributed by atoms with Gasteiger partial charge in [0.25, 0.3) is 5.24 Å². The number of halogens is 3. The minimum Gasteiger partial charge on any atom is -0.277 e. The molecule has 0 fully saturated rings. The van der Waals surface area contributed by atoms with Gasteiger partial charge < -0.3 is 0 Å². The first-order valence-electron chi connectivity index (χ1n) is 2.99. The minimum absolute atomic E-state index is 0.322. The lowest BCUT2D eigenvalue weighted by molar-refractivity contribution is -0.120. The van der Waals surface area contributed by atoms with Crippen LogP contribution in [-0.2, 0) is 4.79 Å². The van der Waals surface area contributed by atoms with Gasteiger partial charge in [0.2, 0.25) is 5.67 Å². The normalized spacial score (nSPS) is 29.9. The number of hydrogen-bond acceptors (Lipinski definition) is 1.